The third-order valence-corrected chi connectivity index (χ3v) is 14.7. The second-order valence-electron chi connectivity index (χ2n) is 22.7. The van der Waals surface area contributed by atoms with Crippen molar-refractivity contribution in [2.45, 2.75) is 335 Å². The lowest BCUT2D eigenvalue weighted by atomic mass is 10.0. The molecule has 0 saturated heterocycles. The topological polar surface area (TPSA) is 78.9 Å². The van der Waals surface area contributed by atoms with Crippen molar-refractivity contribution in [2.24, 2.45) is 0 Å². The van der Waals surface area contributed by atoms with E-state index in [0.717, 1.165) is 128 Å². The molecule has 0 fully saturated rings. The van der Waals surface area contributed by atoms with Crippen LogP contribution in [-0.4, -0.2) is 37.2 Å². The quantitative estimate of drug-likeness (QED) is 0.0261. The smallest absolute Gasteiger partial charge is 0.306 e. The van der Waals surface area contributed by atoms with Gasteiger partial charge in [0.25, 0.3) is 0 Å². The maximum atomic E-state index is 13.0. The van der Waals surface area contributed by atoms with Gasteiger partial charge in [-0.05, 0) is 122 Å². The van der Waals surface area contributed by atoms with Crippen LogP contribution in [0.25, 0.3) is 0 Å². The zero-order valence-corrected chi connectivity index (χ0v) is 53.3. The minimum Gasteiger partial charge on any atom is -0.462 e. The lowest BCUT2D eigenvalue weighted by Crippen LogP contribution is -2.30. The minimum absolute atomic E-state index is 0.0852. The highest BCUT2D eigenvalue weighted by atomic mass is 16.6. The number of ether oxygens (including phenoxy) is 3. The van der Waals surface area contributed by atoms with Crippen LogP contribution in [0.5, 0.6) is 0 Å². The first-order chi connectivity index (χ1) is 40.0. The molecule has 1 atom stereocenters. The lowest BCUT2D eigenvalue weighted by molar-refractivity contribution is -0.167. The summed E-state index contributed by atoms with van der Waals surface area (Å²) < 4.78 is 17.0. The molecule has 81 heavy (non-hydrogen) atoms. The summed E-state index contributed by atoms with van der Waals surface area (Å²) in [7, 11) is 0. The number of rotatable bonds is 62. The first-order valence-electron chi connectivity index (χ1n) is 34.4. The maximum Gasteiger partial charge on any atom is 0.306 e. The van der Waals surface area contributed by atoms with Gasteiger partial charge in [-0.1, -0.05) is 297 Å². The molecule has 0 aromatic heterocycles. The molecule has 0 radical (unpaired) electrons. The van der Waals surface area contributed by atoms with Crippen LogP contribution >= 0.6 is 0 Å². The van der Waals surface area contributed by atoms with E-state index in [4.69, 9.17) is 14.2 Å². The predicted molar refractivity (Wildman–Crippen MR) is 353 cm³/mol. The van der Waals surface area contributed by atoms with E-state index in [1.165, 1.54) is 161 Å². The average Bonchev–Trinajstić information content (AvgIpc) is 3.47. The van der Waals surface area contributed by atoms with Crippen molar-refractivity contribution in [3.05, 3.63) is 109 Å². The average molecular weight is 1130 g/mol. The van der Waals surface area contributed by atoms with Crippen molar-refractivity contribution in [2.75, 3.05) is 13.2 Å². The first kappa shape index (κ1) is 77.1. The molecule has 464 valence electrons. The van der Waals surface area contributed by atoms with Crippen molar-refractivity contribution in [3.8, 4) is 0 Å². The molecule has 0 aromatic carbocycles. The Bertz CT molecular complexity index is 1620. The Labute approximate surface area is 501 Å². The molecule has 0 aliphatic rings. The van der Waals surface area contributed by atoms with Crippen LogP contribution in [0.4, 0.5) is 0 Å². The molecule has 0 spiro atoms. The number of hydrogen-bond donors (Lipinski definition) is 0. The highest BCUT2D eigenvalue weighted by Crippen LogP contribution is 2.17. The summed E-state index contributed by atoms with van der Waals surface area (Å²) in [6.45, 7) is 6.42. The Morgan fingerprint density at radius 3 is 0.753 bits per heavy atom. The second-order valence-corrected chi connectivity index (χ2v) is 22.7. The van der Waals surface area contributed by atoms with Gasteiger partial charge in [-0.15, -0.1) is 0 Å². The van der Waals surface area contributed by atoms with Crippen molar-refractivity contribution >= 4 is 17.9 Å². The number of carbonyl (C=O) groups is 3. The fourth-order valence-corrected chi connectivity index (χ4v) is 9.66. The highest BCUT2D eigenvalue weighted by molar-refractivity contribution is 5.71. The van der Waals surface area contributed by atoms with Gasteiger partial charge >= 0.3 is 17.9 Å². The molecule has 1 unspecified atom stereocenters. The van der Waals surface area contributed by atoms with Crippen LogP contribution in [0.2, 0.25) is 0 Å². The Balaban J connectivity index is 4.34. The van der Waals surface area contributed by atoms with E-state index in [-0.39, 0.29) is 31.1 Å². The van der Waals surface area contributed by atoms with E-state index in [9.17, 15) is 14.4 Å². The lowest BCUT2D eigenvalue weighted by Gasteiger charge is -2.18. The zero-order chi connectivity index (χ0) is 58.5. The summed E-state index contributed by atoms with van der Waals surface area (Å²) in [6, 6.07) is 0. The molecule has 6 nitrogen and oxygen atoms in total. The van der Waals surface area contributed by atoms with Gasteiger partial charge < -0.3 is 14.2 Å². The molecule has 0 rings (SSSR count). The summed E-state index contributed by atoms with van der Waals surface area (Å²) in [5.41, 5.74) is 0. The first-order valence-corrected chi connectivity index (χ1v) is 34.4. The Kier molecular flexibility index (Phi) is 65.2. The number of unbranched alkanes of at least 4 members (excludes halogenated alkanes) is 33. The third-order valence-electron chi connectivity index (χ3n) is 14.7. The molecule has 6 heteroatoms. The fourth-order valence-electron chi connectivity index (χ4n) is 9.66. The number of carbonyl (C=O) groups excluding carboxylic acids is 3. The van der Waals surface area contributed by atoms with Gasteiger partial charge in [0.05, 0.1) is 0 Å². The molecule has 0 aliphatic carbocycles. The van der Waals surface area contributed by atoms with E-state index in [2.05, 4.69) is 130 Å². The third kappa shape index (κ3) is 66.8. The van der Waals surface area contributed by atoms with Crippen LogP contribution in [0, 0.1) is 0 Å². The largest absolute Gasteiger partial charge is 0.462 e. The molecule has 0 amide bonds. The van der Waals surface area contributed by atoms with Gasteiger partial charge in [-0.3, -0.25) is 14.4 Å². The van der Waals surface area contributed by atoms with Crippen LogP contribution in [0.15, 0.2) is 109 Å². The van der Waals surface area contributed by atoms with Crippen molar-refractivity contribution in [1.29, 1.82) is 0 Å². The van der Waals surface area contributed by atoms with Crippen LogP contribution in [0.1, 0.15) is 329 Å². The van der Waals surface area contributed by atoms with Gasteiger partial charge in [0.2, 0.25) is 0 Å². The van der Waals surface area contributed by atoms with Crippen molar-refractivity contribution in [3.63, 3.8) is 0 Å². The predicted octanol–water partition coefficient (Wildman–Crippen LogP) is 23.8. The summed E-state index contributed by atoms with van der Waals surface area (Å²) >= 11 is 0. The van der Waals surface area contributed by atoms with Gasteiger partial charge in [0, 0.05) is 19.3 Å². The number of esters is 3. The minimum atomic E-state index is -0.791. The van der Waals surface area contributed by atoms with E-state index in [1.54, 1.807) is 0 Å². The summed E-state index contributed by atoms with van der Waals surface area (Å²) in [5.74, 6) is -0.896. The normalized spacial score (nSPS) is 12.8. The monoisotopic (exact) mass is 1120 g/mol. The van der Waals surface area contributed by atoms with Gasteiger partial charge in [-0.25, -0.2) is 0 Å². The molecule has 0 aliphatic heterocycles. The highest BCUT2D eigenvalue weighted by Gasteiger charge is 2.19. The van der Waals surface area contributed by atoms with Gasteiger partial charge in [-0.2, -0.15) is 0 Å². The van der Waals surface area contributed by atoms with Crippen molar-refractivity contribution in [1.82, 2.24) is 0 Å². The molecular weight excluding hydrogens is 997 g/mol. The summed E-state index contributed by atoms with van der Waals surface area (Å²) in [6.07, 6.45) is 93.9. The maximum absolute atomic E-state index is 13.0. The Morgan fingerprint density at radius 2 is 0.481 bits per heavy atom. The van der Waals surface area contributed by atoms with E-state index < -0.39 is 6.10 Å². The van der Waals surface area contributed by atoms with Crippen LogP contribution < -0.4 is 0 Å². The van der Waals surface area contributed by atoms with Gasteiger partial charge in [0.15, 0.2) is 6.10 Å². The standard InChI is InChI=1S/C75H128O6/c1-4-7-10-13-16-19-22-25-28-30-32-34-36-37-39-40-42-44-47-50-53-56-59-62-65-68-74(77)80-71-72(70-79-73(76)67-64-61-58-55-52-49-46-27-24-21-18-15-12-9-6-3)81-75(78)69-66-63-60-57-54-51-48-45-43-41-38-35-33-31-29-26-23-20-17-14-11-8-5-2/h8-9,11-12,17-18,20-22,25-27,29-30,32-33,35,46,72H,4-7,10,13-16,19,23-24,28,31,34,36-45,47-71H2,1-3H3/b11-8-,12-9-,20-17-,21-18-,25-22-,29-26-,32-30-,35-33-,46-27-. The molecule has 0 saturated carbocycles. The van der Waals surface area contributed by atoms with E-state index in [0.29, 0.717) is 19.3 Å². The SMILES string of the molecule is CC/C=C\C/C=C\C/C=C\C/C=C\CCCCCCCCCCCCC(=O)OC(COC(=O)CCCCCCC/C=C\C/C=C\C/C=C\CC)COC(=O)CCCCCCCCCCCCCCC/C=C\C/C=C\CCCCCCC. The summed E-state index contributed by atoms with van der Waals surface area (Å²) in [4.78, 5) is 38.4. The van der Waals surface area contributed by atoms with Crippen LogP contribution in [0.3, 0.4) is 0 Å². The van der Waals surface area contributed by atoms with Crippen LogP contribution in [-0.2, 0) is 28.6 Å². The number of hydrogen-bond acceptors (Lipinski definition) is 6. The van der Waals surface area contributed by atoms with E-state index >= 15 is 0 Å². The fraction of sp³-hybridized carbons (Fsp3) is 0.720. The van der Waals surface area contributed by atoms with E-state index in [1.807, 2.05) is 0 Å². The summed E-state index contributed by atoms with van der Waals surface area (Å²) in [5, 5.41) is 0. The Morgan fingerprint density at radius 1 is 0.259 bits per heavy atom. The van der Waals surface area contributed by atoms with Crippen molar-refractivity contribution < 1.29 is 28.6 Å². The molecular formula is C75H128O6. The Hall–Kier alpha value is -3.93. The molecule has 0 heterocycles. The second kappa shape index (κ2) is 68.6. The van der Waals surface area contributed by atoms with Gasteiger partial charge in [0.1, 0.15) is 13.2 Å². The number of allylic oxidation sites excluding steroid dienone is 18. The molecule has 0 N–H and O–H groups in total. The zero-order valence-electron chi connectivity index (χ0n) is 53.3. The molecule has 0 aromatic rings. The molecule has 0 bridgehead atoms.